The molecule has 0 radical (unpaired) electrons. The summed E-state index contributed by atoms with van der Waals surface area (Å²) in [6, 6.07) is 4.98. The third-order valence-electron chi connectivity index (χ3n) is 3.56. The molecule has 1 unspecified atom stereocenters. The van der Waals surface area contributed by atoms with Crippen LogP contribution in [0.1, 0.15) is 6.92 Å². The van der Waals surface area contributed by atoms with Gasteiger partial charge in [-0.05, 0) is 41.1 Å². The van der Waals surface area contributed by atoms with E-state index in [0.717, 1.165) is 15.5 Å². The van der Waals surface area contributed by atoms with Gasteiger partial charge >= 0.3 is 0 Å². The summed E-state index contributed by atoms with van der Waals surface area (Å²) >= 11 is 3.37. The van der Waals surface area contributed by atoms with Crippen LogP contribution in [0, 0.1) is 0 Å². The number of pyridine rings is 1. The van der Waals surface area contributed by atoms with Crippen LogP contribution < -0.4 is 16.0 Å². The van der Waals surface area contributed by atoms with Gasteiger partial charge in [-0.2, -0.15) is 0 Å². The quantitative estimate of drug-likeness (QED) is 0.601. The first-order valence-electron chi connectivity index (χ1n) is 6.41. The highest BCUT2D eigenvalue weighted by Crippen LogP contribution is 2.32. The van der Waals surface area contributed by atoms with Crippen molar-refractivity contribution in [1.82, 2.24) is 10.3 Å². The van der Waals surface area contributed by atoms with Gasteiger partial charge in [0.15, 0.2) is 0 Å². The predicted molar refractivity (Wildman–Crippen MR) is 83.8 cm³/mol. The minimum atomic E-state index is -0.444. The van der Waals surface area contributed by atoms with Crippen molar-refractivity contribution >= 4 is 50.0 Å². The Balaban J connectivity index is 2.18. The number of fused-ring (bicyclic) bond motifs is 1. The molecule has 1 aromatic carbocycles. The number of rotatable bonds is 1. The summed E-state index contributed by atoms with van der Waals surface area (Å²) in [7, 11) is 0. The Bertz CT molecular complexity index is 762. The molecule has 0 spiro atoms. The summed E-state index contributed by atoms with van der Waals surface area (Å²) in [4.78, 5) is 29.6. The molecule has 1 aliphatic rings. The molecule has 2 amide bonds. The number of imide groups is 1. The molecule has 2 heterocycles. The molecule has 3 rings (SSSR count). The van der Waals surface area contributed by atoms with Gasteiger partial charge in [0.2, 0.25) is 11.8 Å². The van der Waals surface area contributed by atoms with Crippen molar-refractivity contribution in [2.75, 3.05) is 17.2 Å². The van der Waals surface area contributed by atoms with Crippen LogP contribution in [0.5, 0.6) is 0 Å². The number of nitrogens with two attached hydrogens (primary N) is 1. The molecule has 3 N–H and O–H groups in total. The molecule has 2 aromatic rings. The van der Waals surface area contributed by atoms with E-state index in [1.807, 2.05) is 6.07 Å². The first-order chi connectivity index (χ1) is 9.97. The van der Waals surface area contributed by atoms with E-state index in [9.17, 15) is 9.59 Å². The number of amides is 2. The summed E-state index contributed by atoms with van der Waals surface area (Å²) < 4.78 is 0.819. The third kappa shape index (κ3) is 2.33. The summed E-state index contributed by atoms with van der Waals surface area (Å²) in [5.41, 5.74) is 7.99. The summed E-state index contributed by atoms with van der Waals surface area (Å²) in [6.45, 7) is 1.87. The topological polar surface area (TPSA) is 88.3 Å². The molecule has 0 saturated carbocycles. The molecule has 1 aliphatic heterocycles. The number of benzene rings is 1. The second-order valence-corrected chi connectivity index (χ2v) is 5.86. The zero-order chi connectivity index (χ0) is 15.1. The van der Waals surface area contributed by atoms with Gasteiger partial charge in [-0.1, -0.05) is 0 Å². The van der Waals surface area contributed by atoms with Gasteiger partial charge in [0.05, 0.1) is 17.7 Å². The van der Waals surface area contributed by atoms with E-state index in [-0.39, 0.29) is 18.4 Å². The SMILES string of the molecule is CC1C(=O)NC(=O)CN1c1ccc(N)c2cc(Br)cnc12. The fourth-order valence-electron chi connectivity index (χ4n) is 2.44. The van der Waals surface area contributed by atoms with Crippen molar-refractivity contribution in [1.29, 1.82) is 0 Å². The molecule has 108 valence electrons. The van der Waals surface area contributed by atoms with E-state index in [4.69, 9.17) is 5.73 Å². The first kappa shape index (κ1) is 13.8. The molecule has 1 saturated heterocycles. The number of aromatic nitrogens is 1. The number of carbonyl (C=O) groups is 2. The van der Waals surface area contributed by atoms with Gasteiger partial charge in [-0.15, -0.1) is 0 Å². The number of anilines is 2. The van der Waals surface area contributed by atoms with E-state index in [1.165, 1.54) is 0 Å². The zero-order valence-electron chi connectivity index (χ0n) is 11.3. The molecule has 6 nitrogen and oxygen atoms in total. The lowest BCUT2D eigenvalue weighted by Crippen LogP contribution is -2.57. The third-order valence-corrected chi connectivity index (χ3v) is 4.00. The van der Waals surface area contributed by atoms with Crippen LogP contribution in [0.25, 0.3) is 10.9 Å². The van der Waals surface area contributed by atoms with Crippen LogP contribution in [-0.4, -0.2) is 29.4 Å². The maximum atomic E-state index is 11.8. The van der Waals surface area contributed by atoms with Crippen LogP contribution in [-0.2, 0) is 9.59 Å². The number of piperazine rings is 1. The van der Waals surface area contributed by atoms with E-state index in [2.05, 4.69) is 26.2 Å². The van der Waals surface area contributed by atoms with Crippen LogP contribution >= 0.6 is 15.9 Å². The maximum absolute atomic E-state index is 11.8. The fourth-order valence-corrected chi connectivity index (χ4v) is 2.77. The van der Waals surface area contributed by atoms with Crippen molar-refractivity contribution in [3.63, 3.8) is 0 Å². The van der Waals surface area contributed by atoms with E-state index in [0.29, 0.717) is 11.2 Å². The minimum absolute atomic E-state index is 0.115. The van der Waals surface area contributed by atoms with Crippen molar-refractivity contribution in [3.8, 4) is 0 Å². The number of halogens is 1. The average molecular weight is 349 g/mol. The molecule has 1 atom stereocenters. The normalized spacial score (nSPS) is 19.0. The second-order valence-electron chi connectivity index (χ2n) is 4.94. The van der Waals surface area contributed by atoms with Gasteiger partial charge in [0.1, 0.15) is 6.04 Å². The second kappa shape index (κ2) is 5.00. The van der Waals surface area contributed by atoms with Gasteiger partial charge in [0.25, 0.3) is 0 Å². The maximum Gasteiger partial charge on any atom is 0.249 e. The number of hydrogen-bond donors (Lipinski definition) is 2. The van der Waals surface area contributed by atoms with Crippen LogP contribution in [0.3, 0.4) is 0 Å². The number of nitrogens with one attached hydrogen (secondary N) is 1. The first-order valence-corrected chi connectivity index (χ1v) is 7.21. The highest BCUT2D eigenvalue weighted by atomic mass is 79.9. The largest absolute Gasteiger partial charge is 0.398 e. The lowest BCUT2D eigenvalue weighted by atomic mass is 10.1. The fraction of sp³-hybridized carbons (Fsp3) is 0.214. The van der Waals surface area contributed by atoms with E-state index >= 15 is 0 Å². The monoisotopic (exact) mass is 348 g/mol. The number of carbonyl (C=O) groups excluding carboxylic acids is 2. The van der Waals surface area contributed by atoms with Gasteiger partial charge in [0, 0.05) is 21.7 Å². The summed E-state index contributed by atoms with van der Waals surface area (Å²) in [5.74, 6) is -0.631. The Morgan fingerprint density at radius 1 is 1.43 bits per heavy atom. The highest BCUT2D eigenvalue weighted by molar-refractivity contribution is 9.10. The Hall–Kier alpha value is -2.15. The van der Waals surface area contributed by atoms with E-state index < -0.39 is 6.04 Å². The Kier molecular flexibility index (Phi) is 3.29. The number of nitrogens with zero attached hydrogens (tertiary/aromatic N) is 2. The minimum Gasteiger partial charge on any atom is -0.398 e. The molecule has 1 fully saturated rings. The molecular weight excluding hydrogens is 336 g/mol. The molecule has 7 heteroatoms. The number of hydrogen-bond acceptors (Lipinski definition) is 5. The number of nitrogen functional groups attached to an aromatic ring is 1. The van der Waals surface area contributed by atoms with Gasteiger partial charge < -0.3 is 10.6 Å². The molecule has 1 aromatic heterocycles. The highest BCUT2D eigenvalue weighted by Gasteiger charge is 2.31. The molecule has 21 heavy (non-hydrogen) atoms. The Morgan fingerprint density at radius 2 is 2.19 bits per heavy atom. The predicted octanol–water partition coefficient (Wildman–Crippen LogP) is 1.43. The summed E-state index contributed by atoms with van der Waals surface area (Å²) in [6.07, 6.45) is 1.67. The summed E-state index contributed by atoms with van der Waals surface area (Å²) in [5, 5.41) is 3.11. The van der Waals surface area contributed by atoms with Crippen molar-refractivity contribution in [2.24, 2.45) is 0 Å². The Morgan fingerprint density at radius 3 is 2.95 bits per heavy atom. The lowest BCUT2D eigenvalue weighted by molar-refractivity contribution is -0.132. The Labute approximate surface area is 129 Å². The molecular formula is C14H13BrN4O2. The van der Waals surface area contributed by atoms with Crippen molar-refractivity contribution < 1.29 is 9.59 Å². The standard InChI is InChI=1S/C14H13BrN4O2/c1-7-14(21)18-12(20)6-19(7)11-3-2-10(16)9-4-8(15)5-17-13(9)11/h2-5,7H,6,16H2,1H3,(H,18,20,21). The van der Waals surface area contributed by atoms with Gasteiger partial charge in [-0.3, -0.25) is 19.9 Å². The van der Waals surface area contributed by atoms with E-state index in [1.54, 1.807) is 30.2 Å². The molecule has 0 bridgehead atoms. The lowest BCUT2D eigenvalue weighted by Gasteiger charge is -2.34. The van der Waals surface area contributed by atoms with Crippen LogP contribution in [0.4, 0.5) is 11.4 Å². The van der Waals surface area contributed by atoms with Crippen molar-refractivity contribution in [3.05, 3.63) is 28.9 Å². The average Bonchev–Trinajstić information content (AvgIpc) is 2.44. The van der Waals surface area contributed by atoms with Crippen LogP contribution in [0.2, 0.25) is 0 Å². The zero-order valence-corrected chi connectivity index (χ0v) is 12.8. The molecule has 0 aliphatic carbocycles. The van der Waals surface area contributed by atoms with Crippen molar-refractivity contribution in [2.45, 2.75) is 13.0 Å². The smallest absolute Gasteiger partial charge is 0.249 e. The van der Waals surface area contributed by atoms with Gasteiger partial charge in [-0.25, -0.2) is 0 Å². The van der Waals surface area contributed by atoms with Crippen LogP contribution in [0.15, 0.2) is 28.9 Å².